The molecule has 0 bridgehead atoms. The predicted octanol–water partition coefficient (Wildman–Crippen LogP) is 4.73. The van der Waals surface area contributed by atoms with Crippen molar-refractivity contribution in [1.82, 2.24) is 9.97 Å². The smallest absolute Gasteiger partial charge is 0.138 e. The van der Waals surface area contributed by atoms with E-state index in [2.05, 4.69) is 45.6 Å². The number of aromatic nitrogens is 2. The van der Waals surface area contributed by atoms with E-state index in [0.717, 1.165) is 49.7 Å². The van der Waals surface area contributed by atoms with Gasteiger partial charge in [-0.1, -0.05) is 30.3 Å². The number of hydrogen-bond donors (Lipinski definition) is 1. The Morgan fingerprint density at radius 2 is 1.85 bits per heavy atom. The van der Waals surface area contributed by atoms with Gasteiger partial charge in [0.05, 0.1) is 5.39 Å². The SMILES string of the molecule is c1ccc(C2(CNc3ncnc4sc5c(c34)CCCC5)CCOCC2)cc1. The van der Waals surface area contributed by atoms with E-state index in [-0.39, 0.29) is 5.41 Å². The molecule has 2 aliphatic rings. The third kappa shape index (κ3) is 3.13. The normalized spacial score (nSPS) is 19.0. The number of benzene rings is 1. The molecule has 5 heteroatoms. The molecule has 0 spiro atoms. The van der Waals surface area contributed by atoms with Gasteiger partial charge in [-0.2, -0.15) is 0 Å². The van der Waals surface area contributed by atoms with Crippen LogP contribution in [0.15, 0.2) is 36.7 Å². The fourth-order valence-corrected chi connectivity index (χ4v) is 5.83. The Morgan fingerprint density at radius 1 is 1.04 bits per heavy atom. The van der Waals surface area contributed by atoms with Crippen LogP contribution < -0.4 is 5.32 Å². The molecule has 1 aliphatic heterocycles. The van der Waals surface area contributed by atoms with Crippen molar-refractivity contribution in [3.05, 3.63) is 52.7 Å². The Morgan fingerprint density at radius 3 is 2.70 bits per heavy atom. The first kappa shape index (κ1) is 17.1. The minimum absolute atomic E-state index is 0.104. The van der Waals surface area contributed by atoms with Crippen LogP contribution in [-0.2, 0) is 23.0 Å². The van der Waals surface area contributed by atoms with Crippen LogP contribution in [0.25, 0.3) is 10.2 Å². The van der Waals surface area contributed by atoms with Gasteiger partial charge in [0.1, 0.15) is 17.0 Å². The van der Waals surface area contributed by atoms with Crippen LogP contribution in [-0.4, -0.2) is 29.7 Å². The second-order valence-electron chi connectivity index (χ2n) is 7.73. The maximum Gasteiger partial charge on any atom is 0.138 e. The van der Waals surface area contributed by atoms with E-state index in [9.17, 15) is 0 Å². The largest absolute Gasteiger partial charge is 0.381 e. The molecule has 1 aromatic carbocycles. The lowest BCUT2D eigenvalue weighted by Crippen LogP contribution is -2.40. The summed E-state index contributed by atoms with van der Waals surface area (Å²) in [6, 6.07) is 10.9. The third-order valence-corrected chi connectivity index (χ3v) is 7.38. The molecule has 2 aromatic heterocycles. The molecule has 3 heterocycles. The first-order chi connectivity index (χ1) is 13.4. The molecule has 140 valence electrons. The van der Waals surface area contributed by atoms with Crippen LogP contribution in [0, 0.1) is 0 Å². The molecule has 5 rings (SSSR count). The highest BCUT2D eigenvalue weighted by Gasteiger charge is 2.34. The van der Waals surface area contributed by atoms with Crippen LogP contribution in [0.4, 0.5) is 5.82 Å². The lowest BCUT2D eigenvalue weighted by Gasteiger charge is -2.38. The van der Waals surface area contributed by atoms with Gasteiger partial charge in [0.15, 0.2) is 0 Å². The van der Waals surface area contributed by atoms with Crippen LogP contribution in [0.5, 0.6) is 0 Å². The molecule has 1 N–H and O–H groups in total. The molecule has 1 saturated heterocycles. The Labute approximate surface area is 164 Å². The van der Waals surface area contributed by atoms with Crippen molar-refractivity contribution in [2.24, 2.45) is 0 Å². The predicted molar refractivity (Wildman–Crippen MR) is 111 cm³/mol. The average Bonchev–Trinajstić information content (AvgIpc) is 3.13. The summed E-state index contributed by atoms with van der Waals surface area (Å²) in [5.41, 5.74) is 3.00. The maximum atomic E-state index is 5.68. The van der Waals surface area contributed by atoms with Crippen molar-refractivity contribution in [3.8, 4) is 0 Å². The average molecular weight is 380 g/mol. The number of ether oxygens (including phenoxy) is 1. The fraction of sp³-hybridized carbons (Fsp3) is 0.455. The molecule has 0 amide bonds. The van der Waals surface area contributed by atoms with Crippen molar-refractivity contribution in [2.45, 2.75) is 43.9 Å². The highest BCUT2D eigenvalue weighted by molar-refractivity contribution is 7.19. The summed E-state index contributed by atoms with van der Waals surface area (Å²) < 4.78 is 5.68. The Hall–Kier alpha value is -1.98. The molecule has 1 fully saturated rings. The summed E-state index contributed by atoms with van der Waals surface area (Å²) in [4.78, 5) is 11.9. The number of thiophene rings is 1. The third-order valence-electron chi connectivity index (χ3n) is 6.18. The second-order valence-corrected chi connectivity index (χ2v) is 8.81. The Kier molecular flexibility index (Phi) is 4.58. The van der Waals surface area contributed by atoms with E-state index < -0.39 is 0 Å². The molecule has 3 aromatic rings. The van der Waals surface area contributed by atoms with E-state index >= 15 is 0 Å². The quantitative estimate of drug-likeness (QED) is 0.712. The number of nitrogens with zero attached hydrogens (tertiary/aromatic N) is 2. The summed E-state index contributed by atoms with van der Waals surface area (Å²) in [5.74, 6) is 1.01. The van der Waals surface area contributed by atoms with Crippen molar-refractivity contribution in [3.63, 3.8) is 0 Å². The number of aryl methyl sites for hydroxylation is 2. The standard InChI is InChI=1S/C22H25N3OS/c1-2-6-16(7-3-1)22(10-12-26-13-11-22)14-23-20-19-17-8-4-5-9-18(17)27-21(19)25-15-24-20/h1-3,6-7,15H,4-5,8-14H2,(H,23,24,25). The van der Waals surface area contributed by atoms with Gasteiger partial charge in [0.25, 0.3) is 0 Å². The molecule has 4 nitrogen and oxygen atoms in total. The van der Waals surface area contributed by atoms with Crippen LogP contribution in [0.1, 0.15) is 41.7 Å². The van der Waals surface area contributed by atoms with Gasteiger partial charge < -0.3 is 10.1 Å². The Bertz CT molecular complexity index is 931. The first-order valence-corrected chi connectivity index (χ1v) is 10.8. The molecular weight excluding hydrogens is 354 g/mol. The number of fused-ring (bicyclic) bond motifs is 3. The van der Waals surface area contributed by atoms with Gasteiger partial charge in [-0.3, -0.25) is 0 Å². The van der Waals surface area contributed by atoms with Crippen molar-refractivity contribution in [1.29, 1.82) is 0 Å². The summed E-state index contributed by atoms with van der Waals surface area (Å²) >= 11 is 1.86. The molecule has 0 saturated carbocycles. The lowest BCUT2D eigenvalue weighted by molar-refractivity contribution is 0.0544. The summed E-state index contributed by atoms with van der Waals surface area (Å²) in [6.45, 7) is 2.53. The monoisotopic (exact) mass is 379 g/mol. The van der Waals surface area contributed by atoms with Gasteiger partial charge in [-0.05, 0) is 49.7 Å². The molecule has 0 unspecified atom stereocenters. The maximum absolute atomic E-state index is 5.68. The number of anilines is 1. The van der Waals surface area contributed by atoms with Crippen LogP contribution >= 0.6 is 11.3 Å². The fourth-order valence-electron chi connectivity index (χ4n) is 4.60. The van der Waals surface area contributed by atoms with Gasteiger partial charge >= 0.3 is 0 Å². The highest BCUT2D eigenvalue weighted by atomic mass is 32.1. The van der Waals surface area contributed by atoms with Gasteiger partial charge in [0, 0.05) is 30.1 Å². The number of hydrogen-bond acceptors (Lipinski definition) is 5. The zero-order chi connectivity index (χ0) is 18.1. The minimum Gasteiger partial charge on any atom is -0.381 e. The van der Waals surface area contributed by atoms with E-state index in [1.54, 1.807) is 6.33 Å². The van der Waals surface area contributed by atoms with Gasteiger partial charge in [0.2, 0.25) is 0 Å². The van der Waals surface area contributed by atoms with Crippen molar-refractivity contribution in [2.75, 3.05) is 25.1 Å². The van der Waals surface area contributed by atoms with E-state index in [1.165, 1.54) is 40.7 Å². The number of nitrogens with one attached hydrogen (secondary N) is 1. The summed E-state index contributed by atoms with van der Waals surface area (Å²) in [7, 11) is 0. The zero-order valence-corrected chi connectivity index (χ0v) is 16.4. The summed E-state index contributed by atoms with van der Waals surface area (Å²) in [6.07, 6.45) is 8.73. The first-order valence-electron chi connectivity index (χ1n) is 9.98. The highest BCUT2D eigenvalue weighted by Crippen LogP contribution is 2.39. The minimum atomic E-state index is 0.104. The van der Waals surface area contributed by atoms with E-state index in [4.69, 9.17) is 4.74 Å². The van der Waals surface area contributed by atoms with Crippen LogP contribution in [0.2, 0.25) is 0 Å². The van der Waals surface area contributed by atoms with Crippen LogP contribution in [0.3, 0.4) is 0 Å². The van der Waals surface area contributed by atoms with Gasteiger partial charge in [-0.25, -0.2) is 9.97 Å². The number of rotatable bonds is 4. The zero-order valence-electron chi connectivity index (χ0n) is 15.5. The summed E-state index contributed by atoms with van der Waals surface area (Å²) in [5, 5.41) is 5.00. The van der Waals surface area contributed by atoms with E-state index in [0.29, 0.717) is 0 Å². The molecule has 1 aliphatic carbocycles. The van der Waals surface area contributed by atoms with Crippen molar-refractivity contribution >= 4 is 27.4 Å². The topological polar surface area (TPSA) is 47.0 Å². The van der Waals surface area contributed by atoms with Gasteiger partial charge in [-0.15, -0.1) is 11.3 Å². The molecule has 0 atom stereocenters. The molecule has 27 heavy (non-hydrogen) atoms. The van der Waals surface area contributed by atoms with Crippen molar-refractivity contribution < 1.29 is 4.74 Å². The molecule has 0 radical (unpaired) electrons. The molecular formula is C22H25N3OS. The van der Waals surface area contributed by atoms with E-state index in [1.807, 2.05) is 11.3 Å². The lowest BCUT2D eigenvalue weighted by atomic mass is 9.74. The Balaban J connectivity index is 1.48. The second kappa shape index (κ2) is 7.21.